The van der Waals surface area contributed by atoms with Gasteiger partial charge in [0.1, 0.15) is 17.7 Å². The van der Waals surface area contributed by atoms with Gasteiger partial charge in [0.15, 0.2) is 0 Å². The minimum atomic E-state index is -0.226. The first-order valence-electron chi connectivity index (χ1n) is 7.00. The van der Waals surface area contributed by atoms with Crippen molar-refractivity contribution in [1.82, 2.24) is 5.32 Å². The zero-order valence-corrected chi connectivity index (χ0v) is 11.7. The van der Waals surface area contributed by atoms with Crippen LogP contribution in [-0.4, -0.2) is 31.8 Å². The van der Waals surface area contributed by atoms with Gasteiger partial charge in [-0.1, -0.05) is 0 Å². The number of carbonyl (C=O) groups excluding carboxylic acids is 1. The van der Waals surface area contributed by atoms with Crippen LogP contribution in [0.2, 0.25) is 0 Å². The summed E-state index contributed by atoms with van der Waals surface area (Å²) < 4.78 is 23.6. The van der Waals surface area contributed by atoms with Gasteiger partial charge in [-0.25, -0.2) is 4.39 Å². The van der Waals surface area contributed by atoms with Crippen molar-refractivity contribution in [1.29, 1.82) is 0 Å². The molecule has 1 unspecified atom stereocenters. The number of esters is 1. The van der Waals surface area contributed by atoms with Crippen molar-refractivity contribution in [2.75, 3.05) is 19.7 Å². The Morgan fingerprint density at radius 2 is 2.40 bits per heavy atom. The fraction of sp³-hybridized carbons (Fsp3) is 0.533. The molecule has 1 aromatic carbocycles. The van der Waals surface area contributed by atoms with Crippen molar-refractivity contribution < 1.29 is 18.7 Å². The summed E-state index contributed by atoms with van der Waals surface area (Å²) in [5, 5.41) is 3.25. The van der Waals surface area contributed by atoms with Gasteiger partial charge < -0.3 is 14.8 Å². The van der Waals surface area contributed by atoms with Crippen LogP contribution in [0.1, 0.15) is 25.3 Å². The Morgan fingerprint density at radius 1 is 1.55 bits per heavy atom. The second-order valence-electron chi connectivity index (χ2n) is 4.81. The quantitative estimate of drug-likeness (QED) is 0.614. The van der Waals surface area contributed by atoms with Crippen LogP contribution in [0, 0.1) is 5.82 Å². The van der Waals surface area contributed by atoms with Crippen molar-refractivity contribution in [3.63, 3.8) is 0 Å². The summed E-state index contributed by atoms with van der Waals surface area (Å²) in [4.78, 5) is 11.1. The van der Waals surface area contributed by atoms with Gasteiger partial charge in [0, 0.05) is 24.9 Å². The normalized spacial score (nSPS) is 16.6. The minimum Gasteiger partial charge on any atom is -0.488 e. The van der Waals surface area contributed by atoms with E-state index < -0.39 is 0 Å². The molecule has 1 heterocycles. The predicted molar refractivity (Wildman–Crippen MR) is 73.3 cm³/mol. The number of hydrogen-bond donors (Lipinski definition) is 1. The minimum absolute atomic E-state index is 0.0365. The summed E-state index contributed by atoms with van der Waals surface area (Å²) in [6.45, 7) is 3.66. The Hall–Kier alpha value is -1.62. The highest BCUT2D eigenvalue weighted by molar-refractivity contribution is 5.69. The van der Waals surface area contributed by atoms with Gasteiger partial charge in [-0.2, -0.15) is 0 Å². The van der Waals surface area contributed by atoms with Crippen molar-refractivity contribution in [3.05, 3.63) is 29.6 Å². The average molecular weight is 281 g/mol. The van der Waals surface area contributed by atoms with Crippen LogP contribution in [0.5, 0.6) is 5.75 Å². The maximum atomic E-state index is 13.1. The topological polar surface area (TPSA) is 47.6 Å². The van der Waals surface area contributed by atoms with E-state index in [1.165, 1.54) is 12.1 Å². The van der Waals surface area contributed by atoms with Gasteiger partial charge in [-0.3, -0.25) is 4.79 Å². The molecule has 5 heteroatoms. The second-order valence-corrected chi connectivity index (χ2v) is 4.81. The molecule has 1 N–H and O–H groups in total. The number of carbonyl (C=O) groups is 1. The van der Waals surface area contributed by atoms with Crippen molar-refractivity contribution >= 4 is 5.97 Å². The Bertz CT molecular complexity index is 464. The summed E-state index contributed by atoms with van der Waals surface area (Å²) in [7, 11) is 0. The number of rotatable bonds is 7. The average Bonchev–Trinajstić information content (AvgIpc) is 2.80. The number of fused-ring (bicyclic) bond motifs is 1. The largest absolute Gasteiger partial charge is 0.488 e. The van der Waals surface area contributed by atoms with E-state index in [0.29, 0.717) is 19.6 Å². The highest BCUT2D eigenvalue weighted by atomic mass is 19.1. The molecule has 0 saturated carbocycles. The zero-order valence-electron chi connectivity index (χ0n) is 11.7. The zero-order chi connectivity index (χ0) is 14.4. The van der Waals surface area contributed by atoms with Crippen molar-refractivity contribution in [3.8, 4) is 5.75 Å². The molecule has 110 valence electrons. The van der Waals surface area contributed by atoms with Gasteiger partial charge in [-0.05, 0) is 38.1 Å². The molecule has 0 aromatic heterocycles. The molecule has 0 spiro atoms. The molecule has 1 aliphatic rings. The third-order valence-electron chi connectivity index (χ3n) is 3.18. The molecule has 0 amide bonds. The number of nitrogens with one attached hydrogen (secondary N) is 1. The lowest BCUT2D eigenvalue weighted by molar-refractivity contribution is -0.143. The lowest BCUT2D eigenvalue weighted by atomic mass is 10.1. The summed E-state index contributed by atoms with van der Waals surface area (Å²) in [6.07, 6.45) is 1.93. The summed E-state index contributed by atoms with van der Waals surface area (Å²) in [5.74, 6) is 0.384. The van der Waals surface area contributed by atoms with E-state index in [-0.39, 0.29) is 17.9 Å². The van der Waals surface area contributed by atoms with Crippen LogP contribution in [0.15, 0.2) is 18.2 Å². The van der Waals surface area contributed by atoms with E-state index in [2.05, 4.69) is 5.32 Å². The van der Waals surface area contributed by atoms with Crippen molar-refractivity contribution in [2.45, 2.75) is 32.3 Å². The Labute approximate surface area is 118 Å². The first kappa shape index (κ1) is 14.8. The fourth-order valence-electron chi connectivity index (χ4n) is 2.26. The number of ether oxygens (including phenoxy) is 2. The SMILES string of the molecule is CCOC(=O)CCCNCC1Cc2cc(F)ccc2O1. The van der Waals surface area contributed by atoms with Crippen LogP contribution in [0.3, 0.4) is 0 Å². The fourth-order valence-corrected chi connectivity index (χ4v) is 2.26. The Balaban J connectivity index is 1.61. The summed E-state index contributed by atoms with van der Waals surface area (Å²) in [5.41, 5.74) is 0.920. The standard InChI is InChI=1S/C15H20FNO3/c1-2-19-15(18)4-3-7-17-10-13-9-11-8-12(16)5-6-14(11)20-13/h5-6,8,13,17H,2-4,7,9-10H2,1H3. The van der Waals surface area contributed by atoms with Crippen LogP contribution in [-0.2, 0) is 16.0 Å². The number of benzene rings is 1. The summed E-state index contributed by atoms with van der Waals surface area (Å²) in [6, 6.07) is 4.61. The molecule has 0 radical (unpaired) electrons. The molecular formula is C15H20FNO3. The molecular weight excluding hydrogens is 261 g/mol. The molecule has 4 nitrogen and oxygen atoms in total. The first-order chi connectivity index (χ1) is 9.69. The van der Waals surface area contributed by atoms with Crippen LogP contribution in [0.25, 0.3) is 0 Å². The highest BCUT2D eigenvalue weighted by Crippen LogP contribution is 2.28. The lowest BCUT2D eigenvalue weighted by Gasteiger charge is -2.11. The monoisotopic (exact) mass is 281 g/mol. The van der Waals surface area contributed by atoms with Gasteiger partial charge in [0.05, 0.1) is 6.61 Å². The van der Waals surface area contributed by atoms with E-state index in [0.717, 1.165) is 30.7 Å². The highest BCUT2D eigenvalue weighted by Gasteiger charge is 2.22. The van der Waals surface area contributed by atoms with E-state index in [1.807, 2.05) is 0 Å². The van der Waals surface area contributed by atoms with E-state index in [9.17, 15) is 9.18 Å². The molecule has 20 heavy (non-hydrogen) atoms. The number of hydrogen-bond acceptors (Lipinski definition) is 4. The molecule has 1 aromatic rings. The Kier molecular flexibility index (Phi) is 5.35. The molecule has 1 aliphatic heterocycles. The van der Waals surface area contributed by atoms with E-state index in [4.69, 9.17) is 9.47 Å². The first-order valence-corrected chi connectivity index (χ1v) is 7.00. The third kappa shape index (κ3) is 4.20. The van der Waals surface area contributed by atoms with Crippen molar-refractivity contribution in [2.24, 2.45) is 0 Å². The predicted octanol–water partition coefficient (Wildman–Crippen LogP) is 2.06. The number of halogens is 1. The second kappa shape index (κ2) is 7.24. The Morgan fingerprint density at radius 3 is 3.20 bits per heavy atom. The molecule has 2 rings (SSSR count). The molecule has 0 bridgehead atoms. The molecule has 0 aliphatic carbocycles. The maximum absolute atomic E-state index is 13.1. The van der Waals surface area contributed by atoms with Crippen LogP contribution >= 0.6 is 0 Å². The summed E-state index contributed by atoms with van der Waals surface area (Å²) >= 11 is 0. The molecule has 1 atom stereocenters. The molecule has 0 fully saturated rings. The van der Waals surface area contributed by atoms with Crippen LogP contribution in [0.4, 0.5) is 4.39 Å². The van der Waals surface area contributed by atoms with Crippen LogP contribution < -0.4 is 10.1 Å². The van der Waals surface area contributed by atoms with Gasteiger partial charge in [0.2, 0.25) is 0 Å². The van der Waals surface area contributed by atoms with Gasteiger partial charge in [-0.15, -0.1) is 0 Å². The third-order valence-corrected chi connectivity index (χ3v) is 3.18. The smallest absolute Gasteiger partial charge is 0.305 e. The maximum Gasteiger partial charge on any atom is 0.305 e. The molecule has 0 saturated heterocycles. The van der Waals surface area contributed by atoms with E-state index >= 15 is 0 Å². The van der Waals surface area contributed by atoms with E-state index in [1.54, 1.807) is 13.0 Å². The van der Waals surface area contributed by atoms with Gasteiger partial charge >= 0.3 is 5.97 Å². The van der Waals surface area contributed by atoms with Gasteiger partial charge in [0.25, 0.3) is 0 Å². The lowest BCUT2D eigenvalue weighted by Crippen LogP contribution is -2.30.